The number of para-hydroxylation sites is 1. The van der Waals surface area contributed by atoms with Gasteiger partial charge in [0.05, 0.1) is 18.4 Å². The lowest BCUT2D eigenvalue weighted by molar-refractivity contribution is -0.112. The molecule has 0 aliphatic heterocycles. The Morgan fingerprint density at radius 2 is 1.92 bits per heavy atom. The fraction of sp³-hybridized carbons (Fsp3) is 0.158. The van der Waals surface area contributed by atoms with E-state index in [0.717, 1.165) is 16.5 Å². The summed E-state index contributed by atoms with van der Waals surface area (Å²) in [5.74, 6) is -0.933. The molecule has 25 heavy (non-hydrogen) atoms. The number of hydrogen-bond acceptors (Lipinski definition) is 3. The molecule has 3 rings (SSSR count). The zero-order valence-corrected chi connectivity index (χ0v) is 14.8. The van der Waals surface area contributed by atoms with Gasteiger partial charge in [-0.05, 0) is 24.6 Å². The Kier molecular flexibility index (Phi) is 4.51. The van der Waals surface area contributed by atoms with Gasteiger partial charge in [-0.25, -0.2) is 0 Å². The summed E-state index contributed by atoms with van der Waals surface area (Å²) in [6, 6.07) is 10.7. The molecule has 0 bridgehead atoms. The van der Waals surface area contributed by atoms with Crippen molar-refractivity contribution in [2.45, 2.75) is 6.92 Å². The predicted octanol–water partition coefficient (Wildman–Crippen LogP) is 3.97. The number of ether oxygens (including phenoxy) is 1. The van der Waals surface area contributed by atoms with Crippen molar-refractivity contribution in [3.8, 4) is 5.75 Å². The molecule has 0 radical (unpaired) electrons. The van der Waals surface area contributed by atoms with Gasteiger partial charge in [-0.2, -0.15) is 0 Å². The molecule has 3 aromatic rings. The molecule has 0 saturated heterocycles. The minimum Gasteiger partial charge on any atom is -0.495 e. The van der Waals surface area contributed by atoms with E-state index in [0.29, 0.717) is 22.0 Å². The highest BCUT2D eigenvalue weighted by molar-refractivity contribution is 6.48. The van der Waals surface area contributed by atoms with Gasteiger partial charge >= 0.3 is 0 Å². The van der Waals surface area contributed by atoms with Gasteiger partial charge in [0.25, 0.3) is 11.7 Å². The highest BCUT2D eigenvalue weighted by atomic mass is 35.5. The molecule has 1 amide bonds. The van der Waals surface area contributed by atoms with E-state index in [1.54, 1.807) is 18.3 Å². The standard InChI is InChI=1S/C19H17ClN2O3/c1-11-8-15(17(25-3)9-14(11)20)21-19(24)18(23)13-10-22(2)16-7-5-4-6-12(13)16/h4-10H,1-3H3,(H,21,24). The topological polar surface area (TPSA) is 60.3 Å². The summed E-state index contributed by atoms with van der Waals surface area (Å²) < 4.78 is 7.05. The van der Waals surface area contributed by atoms with Crippen LogP contribution in [-0.2, 0) is 11.8 Å². The maximum Gasteiger partial charge on any atom is 0.296 e. The van der Waals surface area contributed by atoms with Gasteiger partial charge in [0.15, 0.2) is 0 Å². The van der Waals surface area contributed by atoms with Crippen molar-refractivity contribution in [2.75, 3.05) is 12.4 Å². The Morgan fingerprint density at radius 3 is 2.64 bits per heavy atom. The lowest BCUT2D eigenvalue weighted by Gasteiger charge is -2.11. The van der Waals surface area contributed by atoms with Gasteiger partial charge in [-0.15, -0.1) is 0 Å². The number of nitrogens with one attached hydrogen (secondary N) is 1. The van der Waals surface area contributed by atoms with Crippen LogP contribution in [0.5, 0.6) is 5.75 Å². The highest BCUT2D eigenvalue weighted by Gasteiger charge is 2.22. The first-order valence-electron chi connectivity index (χ1n) is 7.66. The van der Waals surface area contributed by atoms with E-state index >= 15 is 0 Å². The Bertz CT molecular complexity index is 992. The molecular formula is C19H17ClN2O3. The van der Waals surface area contributed by atoms with Gasteiger partial charge in [-0.1, -0.05) is 29.8 Å². The first-order valence-corrected chi connectivity index (χ1v) is 8.04. The number of methoxy groups -OCH3 is 1. The van der Waals surface area contributed by atoms with Gasteiger partial charge in [0, 0.05) is 35.2 Å². The third kappa shape index (κ3) is 3.10. The molecule has 0 aliphatic carbocycles. The number of aryl methyl sites for hydroxylation is 2. The number of amides is 1. The number of carbonyl (C=O) groups is 2. The van der Waals surface area contributed by atoms with E-state index in [1.165, 1.54) is 7.11 Å². The molecule has 1 heterocycles. The smallest absolute Gasteiger partial charge is 0.296 e. The molecule has 1 aromatic heterocycles. The number of Topliss-reactive ketones (excluding diaryl/α,β-unsaturated/α-hetero) is 1. The van der Waals surface area contributed by atoms with Crippen LogP contribution in [0.1, 0.15) is 15.9 Å². The number of halogens is 1. The molecule has 6 heteroatoms. The second kappa shape index (κ2) is 6.61. The number of carbonyl (C=O) groups excluding carboxylic acids is 2. The summed E-state index contributed by atoms with van der Waals surface area (Å²) in [5, 5.41) is 3.88. The van der Waals surface area contributed by atoms with Crippen LogP contribution in [0.3, 0.4) is 0 Å². The first-order chi connectivity index (χ1) is 11.9. The number of hydrogen-bond donors (Lipinski definition) is 1. The van der Waals surface area contributed by atoms with Crippen molar-refractivity contribution < 1.29 is 14.3 Å². The zero-order chi connectivity index (χ0) is 18.1. The van der Waals surface area contributed by atoms with Crippen LogP contribution in [-0.4, -0.2) is 23.4 Å². The van der Waals surface area contributed by atoms with Crippen molar-refractivity contribution in [2.24, 2.45) is 7.05 Å². The molecular weight excluding hydrogens is 340 g/mol. The Balaban J connectivity index is 1.94. The Hall–Kier alpha value is -2.79. The van der Waals surface area contributed by atoms with Crippen LogP contribution in [0.15, 0.2) is 42.6 Å². The number of ketones is 1. The number of nitrogens with zero attached hydrogens (tertiary/aromatic N) is 1. The Labute approximate surface area is 150 Å². The minimum absolute atomic E-state index is 0.361. The van der Waals surface area contributed by atoms with E-state index in [-0.39, 0.29) is 0 Å². The van der Waals surface area contributed by atoms with Gasteiger partial charge in [0.2, 0.25) is 0 Å². The monoisotopic (exact) mass is 356 g/mol. The summed E-state index contributed by atoms with van der Waals surface area (Å²) in [6.45, 7) is 1.81. The first kappa shape index (κ1) is 17.0. The largest absolute Gasteiger partial charge is 0.495 e. The number of fused-ring (bicyclic) bond motifs is 1. The maximum atomic E-state index is 12.6. The van der Waals surface area contributed by atoms with Crippen molar-refractivity contribution in [3.63, 3.8) is 0 Å². The molecule has 128 valence electrons. The minimum atomic E-state index is -0.726. The summed E-state index contributed by atoms with van der Waals surface area (Å²) in [7, 11) is 3.31. The lowest BCUT2D eigenvalue weighted by Crippen LogP contribution is -2.23. The zero-order valence-electron chi connectivity index (χ0n) is 14.1. The van der Waals surface area contributed by atoms with Gasteiger partial charge in [0.1, 0.15) is 5.75 Å². The second-order valence-electron chi connectivity index (χ2n) is 5.76. The average molecular weight is 357 g/mol. The molecule has 1 N–H and O–H groups in total. The quantitative estimate of drug-likeness (QED) is 0.568. The molecule has 5 nitrogen and oxygen atoms in total. The van der Waals surface area contributed by atoms with E-state index in [1.807, 2.05) is 42.8 Å². The van der Waals surface area contributed by atoms with Gasteiger partial charge in [-0.3, -0.25) is 9.59 Å². The number of rotatable bonds is 4. The fourth-order valence-electron chi connectivity index (χ4n) is 2.75. The van der Waals surface area contributed by atoms with Crippen molar-refractivity contribution >= 4 is 39.9 Å². The molecule has 0 atom stereocenters. The lowest BCUT2D eigenvalue weighted by atomic mass is 10.1. The van der Waals surface area contributed by atoms with E-state index in [4.69, 9.17) is 16.3 Å². The molecule has 0 unspecified atom stereocenters. The predicted molar refractivity (Wildman–Crippen MR) is 98.6 cm³/mol. The van der Waals surface area contributed by atoms with Crippen molar-refractivity contribution in [1.82, 2.24) is 4.57 Å². The highest BCUT2D eigenvalue weighted by Crippen LogP contribution is 2.31. The van der Waals surface area contributed by atoms with Crippen LogP contribution in [0.25, 0.3) is 10.9 Å². The summed E-state index contributed by atoms with van der Waals surface area (Å²) in [4.78, 5) is 25.1. The van der Waals surface area contributed by atoms with Crippen LogP contribution in [0.4, 0.5) is 5.69 Å². The van der Waals surface area contributed by atoms with Crippen LogP contribution < -0.4 is 10.1 Å². The SMILES string of the molecule is COc1cc(Cl)c(C)cc1NC(=O)C(=O)c1cn(C)c2ccccc12. The van der Waals surface area contributed by atoms with E-state index < -0.39 is 11.7 Å². The Morgan fingerprint density at radius 1 is 1.20 bits per heavy atom. The van der Waals surface area contributed by atoms with Crippen molar-refractivity contribution in [1.29, 1.82) is 0 Å². The normalized spacial score (nSPS) is 10.7. The van der Waals surface area contributed by atoms with Crippen LogP contribution >= 0.6 is 11.6 Å². The van der Waals surface area contributed by atoms with Crippen LogP contribution in [0.2, 0.25) is 5.02 Å². The second-order valence-corrected chi connectivity index (χ2v) is 6.16. The third-order valence-electron chi connectivity index (χ3n) is 4.08. The third-order valence-corrected chi connectivity index (χ3v) is 4.48. The summed E-state index contributed by atoms with van der Waals surface area (Å²) in [5.41, 5.74) is 2.43. The molecule has 2 aromatic carbocycles. The average Bonchev–Trinajstić information content (AvgIpc) is 2.94. The van der Waals surface area contributed by atoms with E-state index in [9.17, 15) is 9.59 Å². The molecule has 0 spiro atoms. The van der Waals surface area contributed by atoms with E-state index in [2.05, 4.69) is 5.32 Å². The molecule has 0 aliphatic rings. The maximum absolute atomic E-state index is 12.6. The number of benzene rings is 2. The number of aromatic nitrogens is 1. The summed E-state index contributed by atoms with van der Waals surface area (Å²) in [6.07, 6.45) is 1.66. The van der Waals surface area contributed by atoms with Gasteiger partial charge < -0.3 is 14.6 Å². The van der Waals surface area contributed by atoms with Crippen molar-refractivity contribution in [3.05, 3.63) is 58.7 Å². The fourth-order valence-corrected chi connectivity index (χ4v) is 2.91. The van der Waals surface area contributed by atoms with Crippen LogP contribution in [0, 0.1) is 6.92 Å². The molecule has 0 fully saturated rings. The number of anilines is 1. The molecule has 0 saturated carbocycles. The summed E-state index contributed by atoms with van der Waals surface area (Å²) >= 11 is 6.07.